The summed E-state index contributed by atoms with van der Waals surface area (Å²) < 4.78 is 0. The third-order valence-electron chi connectivity index (χ3n) is 13.9. The van der Waals surface area contributed by atoms with E-state index in [9.17, 15) is 78.6 Å². The van der Waals surface area contributed by atoms with Crippen molar-refractivity contribution in [1.29, 1.82) is 0 Å². The van der Waals surface area contributed by atoms with Gasteiger partial charge in [0.25, 0.3) is 0 Å². The predicted octanol–water partition coefficient (Wildman–Crippen LogP) is -2.78. The number of amides is 9. The Labute approximate surface area is 519 Å². The first kappa shape index (κ1) is 72.6. The zero-order valence-corrected chi connectivity index (χ0v) is 50.4. The number of carboxylic acid groups (broad SMARTS) is 1. The number of aromatic hydroxyl groups is 3. The van der Waals surface area contributed by atoms with E-state index in [-0.39, 0.29) is 80.6 Å². The van der Waals surface area contributed by atoms with Crippen LogP contribution in [0.5, 0.6) is 17.2 Å². The Morgan fingerprint density at radius 1 is 0.456 bits per heavy atom. The lowest BCUT2D eigenvalue weighted by atomic mass is 9.99. The molecule has 4 aromatic rings. The van der Waals surface area contributed by atoms with Crippen LogP contribution in [0.1, 0.15) is 69.2 Å². The molecule has 9 amide bonds. The van der Waals surface area contributed by atoms with Gasteiger partial charge >= 0.3 is 5.97 Å². The maximum Gasteiger partial charge on any atom is 0.326 e. The van der Waals surface area contributed by atoms with Gasteiger partial charge in [0.2, 0.25) is 53.2 Å². The number of benzene rings is 4. The molecule has 0 aliphatic heterocycles. The van der Waals surface area contributed by atoms with Crippen molar-refractivity contribution in [2.24, 2.45) is 34.0 Å². The molecule has 0 bridgehead atoms. The fraction of sp³-hybridized carbons (Fsp3) is 0.426. The quantitative estimate of drug-likeness (QED) is 0.0124. The number of carboxylic acids is 1. The molecule has 0 heterocycles. The summed E-state index contributed by atoms with van der Waals surface area (Å²) in [5, 5.41) is 82.1. The summed E-state index contributed by atoms with van der Waals surface area (Å²) >= 11 is 0. The van der Waals surface area contributed by atoms with Crippen LogP contribution in [0.2, 0.25) is 0 Å². The first-order valence-electron chi connectivity index (χ1n) is 29.0. The van der Waals surface area contributed by atoms with Crippen molar-refractivity contribution >= 4 is 65.1 Å². The average Bonchev–Trinajstić information content (AvgIpc) is 1.32. The number of nitrogens with one attached hydrogen (secondary N) is 9. The van der Waals surface area contributed by atoms with Gasteiger partial charge in [-0.15, -0.1) is 0 Å². The second-order valence-electron chi connectivity index (χ2n) is 22.1. The highest BCUT2D eigenvalue weighted by Gasteiger charge is 2.35. The number of phenols is 3. The summed E-state index contributed by atoms with van der Waals surface area (Å²) in [4.78, 5) is 141. The first-order valence-corrected chi connectivity index (χ1v) is 29.0. The molecular weight excluding hydrogens is 1170 g/mol. The third-order valence-corrected chi connectivity index (χ3v) is 13.9. The molecule has 0 spiro atoms. The molecule has 0 unspecified atom stereocenters. The topological polar surface area (TPSA) is 491 Å². The number of hydrogen-bond acceptors (Lipinski definition) is 17. The first-order chi connectivity index (χ1) is 42.7. The van der Waals surface area contributed by atoms with Crippen LogP contribution in [0.15, 0.2) is 108 Å². The summed E-state index contributed by atoms with van der Waals surface area (Å²) in [6.07, 6.45) is -0.645. The molecule has 0 aromatic heterocycles. The van der Waals surface area contributed by atoms with E-state index >= 15 is 0 Å². The number of phenolic OH excluding ortho intramolecular Hbond substituents is 3. The maximum absolute atomic E-state index is 14.6. The minimum Gasteiger partial charge on any atom is -0.508 e. The van der Waals surface area contributed by atoms with Gasteiger partial charge in [-0.05, 0) is 96.2 Å². The van der Waals surface area contributed by atoms with Crippen molar-refractivity contribution in [2.45, 2.75) is 127 Å². The zero-order valence-electron chi connectivity index (χ0n) is 50.4. The van der Waals surface area contributed by atoms with Crippen molar-refractivity contribution in [3.8, 4) is 17.2 Å². The van der Waals surface area contributed by atoms with Crippen molar-refractivity contribution < 1.29 is 78.6 Å². The second-order valence-corrected chi connectivity index (χ2v) is 22.1. The number of carbonyl (C=O) groups is 10. The minimum atomic E-state index is -1.76. The average molecular weight is 1250 g/mol. The van der Waals surface area contributed by atoms with E-state index in [1.165, 1.54) is 74.5 Å². The van der Waals surface area contributed by atoms with E-state index in [0.29, 0.717) is 22.3 Å². The van der Waals surface area contributed by atoms with Crippen molar-refractivity contribution in [2.75, 3.05) is 26.3 Å². The van der Waals surface area contributed by atoms with Crippen LogP contribution in [0, 0.1) is 11.8 Å². The summed E-state index contributed by atoms with van der Waals surface area (Å²) in [6, 6.07) is 12.4. The second kappa shape index (κ2) is 36.4. The number of rotatable bonds is 36. The molecule has 0 radical (unpaired) electrons. The summed E-state index contributed by atoms with van der Waals surface area (Å²) in [7, 11) is 0. The number of aliphatic hydroxyl groups is 2. The van der Waals surface area contributed by atoms with Gasteiger partial charge in [-0.25, -0.2) is 4.79 Å². The SMILES string of the molecule is CC(C)C[C@H](NC(=O)[C@@H](N)Cc1ccc(O)cc1)C(=O)N[C@@H](Cc1ccc(O)cc1)C(=O)N[C@@H](CCCN=C(N)N)C(=O)N[C@@H](Cc1ccc(O)cc1)C(=O)NCC(=O)N[C@@H](CO)C(=O)N[C@@H](Cc1ccccc1)C(=O)N[C@@H](CO)C(=O)N[C@H](C(=O)O)C(C)C. The molecule has 90 heavy (non-hydrogen) atoms. The van der Waals surface area contributed by atoms with Gasteiger partial charge in [-0.2, -0.15) is 0 Å². The molecule has 4 aromatic carbocycles. The van der Waals surface area contributed by atoms with Gasteiger partial charge in [0.1, 0.15) is 65.6 Å². The Bertz CT molecular complexity index is 3080. The number of guanidine groups is 1. The van der Waals surface area contributed by atoms with Crippen molar-refractivity contribution in [3.63, 3.8) is 0 Å². The van der Waals surface area contributed by atoms with E-state index in [0.717, 1.165) is 0 Å². The van der Waals surface area contributed by atoms with E-state index in [2.05, 4.69) is 52.8 Å². The van der Waals surface area contributed by atoms with Gasteiger partial charge in [-0.3, -0.25) is 48.1 Å². The molecule has 488 valence electrons. The Morgan fingerprint density at radius 2 is 0.833 bits per heavy atom. The minimum absolute atomic E-state index is 0.0117. The van der Waals surface area contributed by atoms with E-state index in [1.807, 2.05) is 13.8 Å². The van der Waals surface area contributed by atoms with Crippen LogP contribution >= 0.6 is 0 Å². The van der Waals surface area contributed by atoms with Crippen LogP contribution in [-0.4, -0.2) is 176 Å². The predicted molar refractivity (Wildman–Crippen MR) is 328 cm³/mol. The molecule has 0 saturated heterocycles. The van der Waals surface area contributed by atoms with Gasteiger partial charge in [0, 0.05) is 25.8 Å². The molecule has 29 nitrogen and oxygen atoms in total. The zero-order chi connectivity index (χ0) is 66.6. The fourth-order valence-electron chi connectivity index (χ4n) is 9.00. The molecule has 9 atom stereocenters. The van der Waals surface area contributed by atoms with E-state index in [4.69, 9.17) is 17.2 Å². The molecule has 4 rings (SSSR count). The fourth-order valence-corrected chi connectivity index (χ4v) is 9.00. The molecule has 0 aliphatic rings. The Kier molecular flexibility index (Phi) is 29.4. The van der Waals surface area contributed by atoms with Crippen LogP contribution < -0.4 is 65.1 Å². The summed E-state index contributed by atoms with van der Waals surface area (Å²) in [5.41, 5.74) is 19.4. The van der Waals surface area contributed by atoms with Crippen LogP contribution in [0.25, 0.3) is 0 Å². The maximum atomic E-state index is 14.6. The largest absolute Gasteiger partial charge is 0.508 e. The third kappa shape index (κ3) is 25.1. The molecular formula is C61H83N13O16. The molecule has 0 fully saturated rings. The van der Waals surface area contributed by atoms with Crippen LogP contribution in [0.3, 0.4) is 0 Å². The summed E-state index contributed by atoms with van der Waals surface area (Å²) in [5.74, 6) is -11.1. The number of aliphatic imine (C=N–C) groups is 1. The van der Waals surface area contributed by atoms with Gasteiger partial charge in [0.05, 0.1) is 25.8 Å². The van der Waals surface area contributed by atoms with Crippen LogP contribution in [0.4, 0.5) is 0 Å². The number of hydrogen-bond donors (Lipinski definition) is 18. The number of nitrogens with zero attached hydrogens (tertiary/aromatic N) is 1. The van der Waals surface area contributed by atoms with Crippen molar-refractivity contribution in [3.05, 3.63) is 125 Å². The highest BCUT2D eigenvalue weighted by Crippen LogP contribution is 2.17. The molecule has 0 saturated carbocycles. The lowest BCUT2D eigenvalue weighted by Crippen LogP contribution is -2.60. The van der Waals surface area contributed by atoms with Crippen LogP contribution in [-0.2, 0) is 73.6 Å². The Hall–Kier alpha value is -9.87. The Morgan fingerprint density at radius 3 is 1.28 bits per heavy atom. The van der Waals surface area contributed by atoms with E-state index < -0.39 is 139 Å². The number of aliphatic carboxylic acids is 1. The normalized spacial score (nSPS) is 14.1. The highest BCUT2D eigenvalue weighted by molar-refractivity contribution is 5.98. The van der Waals surface area contributed by atoms with Gasteiger partial charge in [-0.1, -0.05) is 94.4 Å². The molecule has 29 heteroatoms. The van der Waals surface area contributed by atoms with Gasteiger partial charge < -0.3 is 95.7 Å². The smallest absolute Gasteiger partial charge is 0.326 e. The van der Waals surface area contributed by atoms with E-state index in [1.54, 1.807) is 42.5 Å². The highest BCUT2D eigenvalue weighted by atomic mass is 16.4. The summed E-state index contributed by atoms with van der Waals surface area (Å²) in [6.45, 7) is 3.77. The van der Waals surface area contributed by atoms with Gasteiger partial charge in [0.15, 0.2) is 5.96 Å². The molecule has 21 N–H and O–H groups in total. The Balaban J connectivity index is 1.57. The number of carbonyl (C=O) groups excluding carboxylic acids is 9. The lowest BCUT2D eigenvalue weighted by molar-refractivity contribution is -0.144. The van der Waals surface area contributed by atoms with Crippen molar-refractivity contribution in [1.82, 2.24) is 47.9 Å². The standard InChI is InChI=1S/C61H83N13O16/c1-33(2)25-44(69-52(81)42(62)26-36-12-18-39(77)19-13-36)55(84)71-47(29-38-16-22-41(79)23-17-38)56(85)68-43(11-8-24-65-61(63)64)54(83)70-45(28-37-14-20-40(78)21-15-37)53(82)66-30-50(80)67-48(31-75)58(87)72-46(27-35-9-6-5-7-10-35)57(86)73-49(32-76)59(88)74-51(34(3)4)60(89)90/h5-7,9-10,12-23,33-34,42-49,51,75-79H,8,11,24-32,62H2,1-4H3,(H,66,82)(H,67,80)(H,68,85)(H,69,81)(H,70,83)(H,71,84)(H,72,87)(H,73,86)(H,74,88)(H,89,90)(H4,63,64,65)/t42-,43-,44-,45-,46-,47-,48-,49-,51-/m0/s1. The molecule has 0 aliphatic carbocycles. The number of aliphatic hydroxyl groups excluding tert-OH is 2. The lowest BCUT2D eigenvalue weighted by Gasteiger charge is -2.27. The number of nitrogens with two attached hydrogens (primary N) is 3. The monoisotopic (exact) mass is 1250 g/mol.